The number of rotatable bonds is 1. The second-order valence-corrected chi connectivity index (χ2v) is 9.39. The van der Waals surface area contributed by atoms with Crippen molar-refractivity contribution in [1.82, 2.24) is 0 Å². The third kappa shape index (κ3) is 3.18. The zero-order chi connectivity index (χ0) is 10.1. The molecule has 6 heteroatoms. The monoisotopic (exact) mass is 342 g/mol. The molecule has 0 atom stereocenters. The molecule has 0 fully saturated rings. The Morgan fingerprint density at radius 3 is 1.77 bits per heavy atom. The summed E-state index contributed by atoms with van der Waals surface area (Å²) in [6, 6.07) is 4.64. The van der Waals surface area contributed by atoms with Crippen molar-refractivity contribution in [1.29, 1.82) is 0 Å². The number of hydrogen-bond acceptors (Lipinski definition) is 0. The summed E-state index contributed by atoms with van der Waals surface area (Å²) in [5.41, 5.74) is -0.678. The van der Waals surface area contributed by atoms with Gasteiger partial charge in [-0.15, -0.1) is 0 Å². The van der Waals surface area contributed by atoms with Gasteiger partial charge in [0.05, 0.1) is 0 Å². The molecule has 0 aliphatic rings. The summed E-state index contributed by atoms with van der Waals surface area (Å²) in [5.74, 6) is 0. The topological polar surface area (TPSA) is 0 Å². The Morgan fingerprint density at radius 2 is 1.46 bits per heavy atom. The van der Waals surface area contributed by atoms with Crippen LogP contribution in [-0.2, 0) is 6.18 Å². The Hall–Kier alpha value is 0.320. The van der Waals surface area contributed by atoms with Crippen molar-refractivity contribution >= 4 is 35.4 Å². The first-order valence-corrected chi connectivity index (χ1v) is 9.66. The van der Waals surface area contributed by atoms with Gasteiger partial charge in [0, 0.05) is 0 Å². The average molecular weight is 343 g/mol. The van der Waals surface area contributed by atoms with E-state index >= 15 is 0 Å². The minimum atomic E-state index is -4.30. The Balaban J connectivity index is 2.94. The molecule has 1 aromatic rings. The summed E-state index contributed by atoms with van der Waals surface area (Å²) in [6.07, 6.45) is -4.30. The zero-order valence-corrected chi connectivity index (χ0v) is 9.75. The third-order valence-corrected chi connectivity index (χ3v) is 5.21. The van der Waals surface area contributed by atoms with Gasteiger partial charge in [0.15, 0.2) is 0 Å². The second-order valence-electron chi connectivity index (χ2n) is 2.20. The van der Waals surface area contributed by atoms with Gasteiger partial charge in [-0.2, -0.15) is 0 Å². The fraction of sp³-hybridized carbons (Fsp3) is 0.143. The standard InChI is InChI=1S/C7H4Cl2F3I/c8-13(9)6-3-1-5(2-4-6)7(10,11)12/h1-4H. The molecule has 0 saturated carbocycles. The molecule has 0 nitrogen and oxygen atoms in total. The van der Waals surface area contributed by atoms with Crippen molar-refractivity contribution in [2.45, 2.75) is 6.18 Å². The Bertz CT molecular complexity index is 281. The van der Waals surface area contributed by atoms with E-state index < -0.39 is 29.3 Å². The van der Waals surface area contributed by atoms with Crippen molar-refractivity contribution in [3.05, 3.63) is 33.4 Å². The first-order chi connectivity index (χ1) is 5.91. The molecule has 0 aliphatic heterocycles. The number of hydrogen-bond donors (Lipinski definition) is 0. The van der Waals surface area contributed by atoms with Crippen LogP contribution in [0.2, 0.25) is 0 Å². The number of halogens is 6. The van der Waals surface area contributed by atoms with E-state index in [2.05, 4.69) is 0 Å². The summed E-state index contributed by atoms with van der Waals surface area (Å²) in [4.78, 5) is 0. The fourth-order valence-corrected chi connectivity index (χ4v) is 2.92. The maximum absolute atomic E-state index is 12.1. The molecule has 0 aromatic heterocycles. The minimum absolute atomic E-state index is 0.612. The molecule has 0 amide bonds. The maximum atomic E-state index is 12.1. The Morgan fingerprint density at radius 1 is 1.00 bits per heavy atom. The van der Waals surface area contributed by atoms with Gasteiger partial charge >= 0.3 is 88.1 Å². The van der Waals surface area contributed by atoms with Crippen LogP contribution in [-0.4, -0.2) is 0 Å². The number of benzene rings is 1. The zero-order valence-electron chi connectivity index (χ0n) is 6.08. The fourth-order valence-electron chi connectivity index (χ4n) is 0.734. The Kier molecular flexibility index (Phi) is 3.71. The van der Waals surface area contributed by atoms with Crippen LogP contribution in [0.25, 0.3) is 0 Å². The molecule has 0 bridgehead atoms. The molecular formula is C7H4Cl2F3I. The quantitative estimate of drug-likeness (QED) is 0.649. The molecule has 1 rings (SSSR count). The molecule has 0 unspecified atom stereocenters. The van der Waals surface area contributed by atoms with E-state index in [1.54, 1.807) is 0 Å². The van der Waals surface area contributed by atoms with Gasteiger partial charge in [-0.25, -0.2) is 0 Å². The van der Waals surface area contributed by atoms with Crippen molar-refractivity contribution in [2.75, 3.05) is 0 Å². The summed E-state index contributed by atoms with van der Waals surface area (Å²) in [7, 11) is 11.2. The van der Waals surface area contributed by atoms with Crippen molar-refractivity contribution in [3.63, 3.8) is 0 Å². The molecule has 0 saturated heterocycles. The molecule has 0 radical (unpaired) electrons. The molecule has 0 spiro atoms. The van der Waals surface area contributed by atoms with E-state index in [9.17, 15) is 13.2 Å². The number of alkyl halides is 3. The third-order valence-electron chi connectivity index (χ3n) is 1.34. The van der Waals surface area contributed by atoms with E-state index in [-0.39, 0.29) is 0 Å². The van der Waals surface area contributed by atoms with E-state index in [1.807, 2.05) is 0 Å². The van der Waals surface area contributed by atoms with Crippen molar-refractivity contribution in [3.8, 4) is 0 Å². The van der Waals surface area contributed by atoms with Gasteiger partial charge in [-0.05, 0) is 0 Å². The SMILES string of the molecule is FC(F)(F)c1ccc(I(Cl)Cl)cc1. The van der Waals surface area contributed by atoms with Gasteiger partial charge in [-0.1, -0.05) is 0 Å². The van der Waals surface area contributed by atoms with E-state index in [0.717, 1.165) is 12.1 Å². The molecule has 0 heterocycles. The van der Waals surface area contributed by atoms with Gasteiger partial charge in [-0.3, -0.25) is 0 Å². The summed E-state index contributed by atoms with van der Waals surface area (Å²) in [5, 5.41) is 0. The molecule has 74 valence electrons. The molecule has 0 aliphatic carbocycles. The Labute approximate surface area is 87.8 Å². The predicted octanol–water partition coefficient (Wildman–Crippen LogP) is 4.69. The van der Waals surface area contributed by atoms with Gasteiger partial charge in [0.2, 0.25) is 0 Å². The van der Waals surface area contributed by atoms with Crippen LogP contribution in [0.1, 0.15) is 5.56 Å². The normalized spacial score (nSPS) is 12.8. The van der Waals surface area contributed by atoms with E-state index in [4.69, 9.17) is 17.8 Å². The van der Waals surface area contributed by atoms with Crippen molar-refractivity contribution < 1.29 is 13.2 Å². The van der Waals surface area contributed by atoms with Gasteiger partial charge in [0.25, 0.3) is 0 Å². The molecule has 0 N–H and O–H groups in total. The van der Waals surface area contributed by atoms with Crippen LogP contribution < -0.4 is 0 Å². The van der Waals surface area contributed by atoms with Crippen molar-refractivity contribution in [2.24, 2.45) is 0 Å². The van der Waals surface area contributed by atoms with Gasteiger partial charge in [0.1, 0.15) is 0 Å². The average Bonchev–Trinajstić information content (AvgIpc) is 2.03. The molecule has 1 aromatic carbocycles. The molecular weight excluding hydrogens is 339 g/mol. The summed E-state index contributed by atoms with van der Waals surface area (Å²) in [6.45, 7) is 0. The first kappa shape index (κ1) is 11.4. The first-order valence-electron chi connectivity index (χ1n) is 3.11. The van der Waals surface area contributed by atoms with E-state index in [0.29, 0.717) is 3.57 Å². The van der Waals surface area contributed by atoms with Gasteiger partial charge < -0.3 is 0 Å². The van der Waals surface area contributed by atoms with Crippen LogP contribution >= 0.6 is 35.4 Å². The van der Waals surface area contributed by atoms with Crippen LogP contribution in [0.15, 0.2) is 24.3 Å². The van der Waals surface area contributed by atoms with Crippen LogP contribution in [0.4, 0.5) is 13.2 Å². The summed E-state index contributed by atoms with van der Waals surface area (Å²) >= 11 is -2.18. The van der Waals surface area contributed by atoms with Crippen LogP contribution in [0, 0.1) is 3.57 Å². The van der Waals surface area contributed by atoms with Crippen LogP contribution in [0.5, 0.6) is 0 Å². The second kappa shape index (κ2) is 4.23. The predicted molar refractivity (Wildman–Crippen MR) is 55.9 cm³/mol. The van der Waals surface area contributed by atoms with E-state index in [1.165, 1.54) is 12.1 Å². The molecule has 13 heavy (non-hydrogen) atoms. The van der Waals surface area contributed by atoms with Crippen LogP contribution in [0.3, 0.4) is 0 Å². The summed E-state index contributed by atoms with van der Waals surface area (Å²) < 4.78 is 36.8.